The summed E-state index contributed by atoms with van der Waals surface area (Å²) in [5.41, 5.74) is 1.80. The van der Waals surface area contributed by atoms with E-state index in [-0.39, 0.29) is 10.6 Å². The van der Waals surface area contributed by atoms with Crippen molar-refractivity contribution in [1.29, 1.82) is 0 Å². The van der Waals surface area contributed by atoms with Crippen molar-refractivity contribution in [2.45, 2.75) is 26.8 Å². The number of anilines is 1. The molecule has 1 N–H and O–H groups in total. The first-order valence-electron chi connectivity index (χ1n) is 6.29. The molecular weight excluding hydrogens is 230 g/mol. The van der Waals surface area contributed by atoms with Gasteiger partial charge in [0.25, 0.3) is 5.69 Å². The van der Waals surface area contributed by atoms with Crippen LogP contribution < -0.4 is 5.32 Å². The van der Waals surface area contributed by atoms with Gasteiger partial charge in [0, 0.05) is 19.7 Å². The Labute approximate surface area is 108 Å². The standard InChI is InChI=1S/C13H21N3O2/c1-4-8-15(5-2)10-11-6-7-13(16(17)18)12(9-11)14-3/h6-7,9,14H,4-5,8,10H2,1-3H3. The minimum Gasteiger partial charge on any atom is -0.383 e. The molecule has 0 aromatic heterocycles. The molecule has 18 heavy (non-hydrogen) atoms. The van der Waals surface area contributed by atoms with Gasteiger partial charge >= 0.3 is 0 Å². The first-order chi connectivity index (χ1) is 8.62. The third-order valence-corrected chi connectivity index (χ3v) is 2.92. The first kappa shape index (κ1) is 14.4. The Hall–Kier alpha value is -1.62. The molecule has 5 heteroatoms. The molecule has 0 saturated carbocycles. The minimum absolute atomic E-state index is 0.125. The average Bonchev–Trinajstić information content (AvgIpc) is 2.37. The Kier molecular flexibility index (Phi) is 5.58. The smallest absolute Gasteiger partial charge is 0.292 e. The largest absolute Gasteiger partial charge is 0.383 e. The Morgan fingerprint density at radius 1 is 1.39 bits per heavy atom. The lowest BCUT2D eigenvalue weighted by atomic mass is 10.1. The third-order valence-electron chi connectivity index (χ3n) is 2.92. The molecule has 1 aromatic rings. The summed E-state index contributed by atoms with van der Waals surface area (Å²) < 4.78 is 0. The van der Waals surface area contributed by atoms with Gasteiger partial charge in [-0.15, -0.1) is 0 Å². The van der Waals surface area contributed by atoms with Crippen LogP contribution in [0.15, 0.2) is 18.2 Å². The maximum Gasteiger partial charge on any atom is 0.292 e. The molecule has 1 aromatic carbocycles. The summed E-state index contributed by atoms with van der Waals surface area (Å²) in [5.74, 6) is 0. The number of nitrogens with one attached hydrogen (secondary N) is 1. The van der Waals surface area contributed by atoms with Crippen LogP contribution in [0.25, 0.3) is 0 Å². The van der Waals surface area contributed by atoms with Gasteiger partial charge in [0.1, 0.15) is 5.69 Å². The topological polar surface area (TPSA) is 58.4 Å². The van der Waals surface area contributed by atoms with Crippen LogP contribution in [0, 0.1) is 10.1 Å². The lowest BCUT2D eigenvalue weighted by molar-refractivity contribution is -0.384. The van der Waals surface area contributed by atoms with Crippen LogP contribution in [-0.2, 0) is 6.54 Å². The van der Waals surface area contributed by atoms with Crippen LogP contribution >= 0.6 is 0 Å². The molecule has 0 fully saturated rings. The second kappa shape index (κ2) is 6.96. The van der Waals surface area contributed by atoms with E-state index in [2.05, 4.69) is 24.1 Å². The van der Waals surface area contributed by atoms with Gasteiger partial charge in [-0.05, 0) is 31.1 Å². The molecule has 0 spiro atoms. The number of rotatable bonds is 7. The summed E-state index contributed by atoms with van der Waals surface area (Å²) in [5, 5.41) is 13.7. The number of nitrogens with zero attached hydrogens (tertiary/aromatic N) is 2. The second-order valence-electron chi connectivity index (χ2n) is 4.23. The van der Waals surface area contributed by atoms with Crippen LogP contribution in [0.2, 0.25) is 0 Å². The summed E-state index contributed by atoms with van der Waals surface area (Å²) >= 11 is 0. The van der Waals surface area contributed by atoms with Crippen molar-refractivity contribution in [3.8, 4) is 0 Å². The van der Waals surface area contributed by atoms with Crippen molar-refractivity contribution < 1.29 is 4.92 Å². The van der Waals surface area contributed by atoms with Gasteiger partial charge in [0.2, 0.25) is 0 Å². The highest BCUT2D eigenvalue weighted by molar-refractivity contribution is 5.62. The second-order valence-corrected chi connectivity index (χ2v) is 4.23. The monoisotopic (exact) mass is 251 g/mol. The van der Waals surface area contributed by atoms with Crippen LogP contribution in [0.4, 0.5) is 11.4 Å². The molecule has 0 atom stereocenters. The van der Waals surface area contributed by atoms with Crippen molar-refractivity contribution in [2.24, 2.45) is 0 Å². The molecule has 0 aliphatic rings. The molecule has 0 saturated heterocycles. The van der Waals surface area contributed by atoms with E-state index in [0.717, 1.165) is 31.6 Å². The van der Waals surface area contributed by atoms with E-state index in [4.69, 9.17) is 0 Å². The van der Waals surface area contributed by atoms with E-state index in [9.17, 15) is 10.1 Å². The Morgan fingerprint density at radius 2 is 2.11 bits per heavy atom. The molecule has 0 amide bonds. The number of hydrogen-bond acceptors (Lipinski definition) is 4. The Balaban J connectivity index is 2.88. The number of nitro groups is 1. The van der Waals surface area contributed by atoms with Crippen LogP contribution in [0.5, 0.6) is 0 Å². The van der Waals surface area contributed by atoms with E-state index < -0.39 is 0 Å². The number of hydrogen-bond donors (Lipinski definition) is 1. The maximum absolute atomic E-state index is 10.8. The van der Waals surface area contributed by atoms with E-state index in [1.807, 2.05) is 12.1 Å². The molecule has 5 nitrogen and oxygen atoms in total. The molecule has 0 aliphatic carbocycles. The Bertz CT molecular complexity index is 407. The van der Waals surface area contributed by atoms with Gasteiger partial charge in [0.05, 0.1) is 4.92 Å². The summed E-state index contributed by atoms with van der Waals surface area (Å²) in [6, 6.07) is 5.26. The van der Waals surface area contributed by atoms with Crippen molar-refractivity contribution in [3.05, 3.63) is 33.9 Å². The third kappa shape index (κ3) is 3.70. The summed E-state index contributed by atoms with van der Waals surface area (Å²) in [7, 11) is 1.70. The number of nitro benzene ring substituents is 1. The van der Waals surface area contributed by atoms with Gasteiger partial charge in [-0.2, -0.15) is 0 Å². The van der Waals surface area contributed by atoms with E-state index in [0.29, 0.717) is 5.69 Å². The van der Waals surface area contributed by atoms with Crippen LogP contribution in [0.3, 0.4) is 0 Å². The van der Waals surface area contributed by atoms with Crippen molar-refractivity contribution in [1.82, 2.24) is 4.90 Å². The molecular formula is C13H21N3O2. The quantitative estimate of drug-likeness (QED) is 0.598. The van der Waals surface area contributed by atoms with E-state index >= 15 is 0 Å². The highest BCUT2D eigenvalue weighted by Crippen LogP contribution is 2.25. The zero-order chi connectivity index (χ0) is 13.5. The molecule has 0 heterocycles. The maximum atomic E-state index is 10.8. The fraction of sp³-hybridized carbons (Fsp3) is 0.538. The fourth-order valence-electron chi connectivity index (χ4n) is 1.96. The van der Waals surface area contributed by atoms with Gasteiger partial charge in [-0.3, -0.25) is 15.0 Å². The summed E-state index contributed by atoms with van der Waals surface area (Å²) in [6.07, 6.45) is 1.11. The van der Waals surface area contributed by atoms with Gasteiger partial charge in [-0.1, -0.05) is 19.9 Å². The van der Waals surface area contributed by atoms with E-state index in [1.54, 1.807) is 13.1 Å². The average molecular weight is 251 g/mol. The van der Waals surface area contributed by atoms with Gasteiger partial charge < -0.3 is 5.32 Å². The predicted molar refractivity (Wildman–Crippen MR) is 73.9 cm³/mol. The number of benzene rings is 1. The zero-order valence-corrected chi connectivity index (χ0v) is 11.3. The molecule has 0 unspecified atom stereocenters. The van der Waals surface area contributed by atoms with E-state index in [1.165, 1.54) is 0 Å². The van der Waals surface area contributed by atoms with Crippen molar-refractivity contribution >= 4 is 11.4 Å². The molecule has 100 valence electrons. The fourth-order valence-corrected chi connectivity index (χ4v) is 1.96. The molecule has 0 aliphatic heterocycles. The van der Waals surface area contributed by atoms with Crippen LogP contribution in [0.1, 0.15) is 25.8 Å². The molecule has 1 rings (SSSR count). The highest BCUT2D eigenvalue weighted by Gasteiger charge is 2.13. The summed E-state index contributed by atoms with van der Waals surface area (Å²) in [4.78, 5) is 12.8. The Morgan fingerprint density at radius 3 is 2.61 bits per heavy atom. The molecule has 0 bridgehead atoms. The van der Waals surface area contributed by atoms with Gasteiger partial charge in [-0.25, -0.2) is 0 Å². The lowest BCUT2D eigenvalue weighted by Gasteiger charge is -2.19. The zero-order valence-electron chi connectivity index (χ0n) is 11.3. The lowest BCUT2D eigenvalue weighted by Crippen LogP contribution is -2.23. The molecule has 0 radical (unpaired) electrons. The summed E-state index contributed by atoms with van der Waals surface area (Å²) in [6.45, 7) is 7.14. The predicted octanol–water partition coefficient (Wildman–Crippen LogP) is 2.87. The normalized spacial score (nSPS) is 10.7. The first-order valence-corrected chi connectivity index (χ1v) is 6.29. The van der Waals surface area contributed by atoms with Crippen molar-refractivity contribution in [2.75, 3.05) is 25.5 Å². The van der Waals surface area contributed by atoms with Crippen LogP contribution in [-0.4, -0.2) is 30.0 Å². The minimum atomic E-state index is -0.362. The SMILES string of the molecule is CCCN(CC)Cc1ccc([N+](=O)[O-])c(NC)c1. The van der Waals surface area contributed by atoms with Crippen molar-refractivity contribution in [3.63, 3.8) is 0 Å². The van der Waals surface area contributed by atoms with Gasteiger partial charge in [0.15, 0.2) is 0 Å². The highest BCUT2D eigenvalue weighted by atomic mass is 16.6.